The normalized spacial score (nSPS) is 11.7. The largest absolute Gasteiger partial charge is 0.366 e. The van der Waals surface area contributed by atoms with Crippen LogP contribution < -0.4 is 11.1 Å². The lowest BCUT2D eigenvalue weighted by molar-refractivity contribution is -0.116. The molecule has 3 aromatic rings. The molecule has 3 N–H and O–H groups in total. The lowest BCUT2D eigenvalue weighted by Crippen LogP contribution is -2.22. The van der Waals surface area contributed by atoms with Gasteiger partial charge in [0.1, 0.15) is 5.82 Å². The number of fused-ring (bicyclic) bond motifs is 1. The number of nitrogens with two attached hydrogens (primary N) is 1. The monoisotopic (exact) mass is 429 g/mol. The Morgan fingerprint density at radius 2 is 1.87 bits per heavy atom. The molecule has 0 saturated heterocycles. The van der Waals surface area contributed by atoms with E-state index >= 15 is 0 Å². The molecule has 0 bridgehead atoms. The highest BCUT2D eigenvalue weighted by Crippen LogP contribution is 2.22. The second-order valence-corrected chi connectivity index (χ2v) is 9.13. The summed E-state index contributed by atoms with van der Waals surface area (Å²) in [6.07, 6.45) is 0.471. The third kappa shape index (κ3) is 4.19. The van der Waals surface area contributed by atoms with Crippen LogP contribution in [0.1, 0.15) is 22.6 Å². The van der Waals surface area contributed by atoms with Gasteiger partial charge in [-0.1, -0.05) is 12.1 Å². The van der Waals surface area contributed by atoms with Crippen molar-refractivity contribution in [2.75, 3.05) is 19.4 Å². The molecule has 10 heteroatoms. The van der Waals surface area contributed by atoms with E-state index in [4.69, 9.17) is 5.73 Å². The maximum Gasteiger partial charge on any atom is 0.250 e. The van der Waals surface area contributed by atoms with Gasteiger partial charge in [0.15, 0.2) is 0 Å². The third-order valence-electron chi connectivity index (χ3n) is 4.77. The Labute approximate surface area is 174 Å². The molecule has 0 atom stereocenters. The van der Waals surface area contributed by atoms with E-state index in [1.807, 2.05) is 11.6 Å². The number of aryl methyl sites for hydroxylation is 2. The maximum atomic E-state index is 12.4. The minimum Gasteiger partial charge on any atom is -0.366 e. The van der Waals surface area contributed by atoms with Crippen LogP contribution in [0, 0.1) is 0 Å². The zero-order valence-corrected chi connectivity index (χ0v) is 17.7. The summed E-state index contributed by atoms with van der Waals surface area (Å²) in [5.41, 5.74) is 7.23. The third-order valence-corrected chi connectivity index (χ3v) is 6.58. The molecule has 0 aliphatic heterocycles. The van der Waals surface area contributed by atoms with Crippen molar-refractivity contribution in [2.45, 2.75) is 17.7 Å². The summed E-state index contributed by atoms with van der Waals surface area (Å²) in [6, 6.07) is 11.3. The van der Waals surface area contributed by atoms with E-state index in [0.29, 0.717) is 23.4 Å². The van der Waals surface area contributed by atoms with Crippen LogP contribution in [-0.2, 0) is 28.3 Å². The highest BCUT2D eigenvalue weighted by molar-refractivity contribution is 7.89. The summed E-state index contributed by atoms with van der Waals surface area (Å²) in [7, 11) is 1.19. The average molecular weight is 430 g/mol. The standard InChI is InChI=1S/C20H23N5O4S/c1-24(2)30(28,29)13-8-9-17-16(12-13)22-18(25(17)3)10-11-19(26)23-15-7-5-4-6-14(15)20(21)27/h4-9,12H,10-11H2,1-3H3,(H2,21,27)(H,23,26). The number of nitrogens with one attached hydrogen (secondary N) is 1. The van der Waals surface area contributed by atoms with Gasteiger partial charge in [-0.25, -0.2) is 17.7 Å². The predicted octanol–water partition coefficient (Wildman–Crippen LogP) is 1.49. The van der Waals surface area contributed by atoms with Gasteiger partial charge in [-0.05, 0) is 30.3 Å². The van der Waals surface area contributed by atoms with Crippen LogP contribution in [0.25, 0.3) is 11.0 Å². The van der Waals surface area contributed by atoms with Crippen LogP contribution in [0.15, 0.2) is 47.4 Å². The number of imidazole rings is 1. The number of hydrogen-bond donors (Lipinski definition) is 2. The zero-order chi connectivity index (χ0) is 22.1. The molecular formula is C20H23N5O4S. The Bertz CT molecular complexity index is 1230. The van der Waals surface area contributed by atoms with Gasteiger partial charge in [0, 0.05) is 34.0 Å². The van der Waals surface area contributed by atoms with Crippen molar-refractivity contribution in [3.05, 3.63) is 53.9 Å². The maximum absolute atomic E-state index is 12.4. The highest BCUT2D eigenvalue weighted by atomic mass is 32.2. The number of amides is 2. The molecule has 3 rings (SSSR count). The number of nitrogens with zero attached hydrogens (tertiary/aromatic N) is 3. The van der Waals surface area contributed by atoms with E-state index < -0.39 is 15.9 Å². The lowest BCUT2D eigenvalue weighted by atomic mass is 10.1. The number of para-hydroxylation sites is 1. The average Bonchev–Trinajstić information content (AvgIpc) is 3.01. The smallest absolute Gasteiger partial charge is 0.250 e. The van der Waals surface area contributed by atoms with Crippen molar-refractivity contribution >= 4 is 38.6 Å². The summed E-state index contributed by atoms with van der Waals surface area (Å²) in [4.78, 5) is 28.5. The molecule has 0 saturated carbocycles. The van der Waals surface area contributed by atoms with Gasteiger partial charge in [0.05, 0.1) is 27.2 Å². The Balaban J connectivity index is 1.77. The number of carbonyl (C=O) groups is 2. The van der Waals surface area contributed by atoms with E-state index in [2.05, 4.69) is 10.3 Å². The van der Waals surface area contributed by atoms with E-state index in [1.54, 1.807) is 30.3 Å². The van der Waals surface area contributed by atoms with E-state index in [-0.39, 0.29) is 22.8 Å². The minimum atomic E-state index is -3.56. The number of primary amides is 1. The van der Waals surface area contributed by atoms with Crippen LogP contribution in [0.3, 0.4) is 0 Å². The quantitative estimate of drug-likeness (QED) is 0.588. The van der Waals surface area contributed by atoms with Crippen molar-refractivity contribution in [3.63, 3.8) is 0 Å². The van der Waals surface area contributed by atoms with Crippen LogP contribution >= 0.6 is 0 Å². The second-order valence-electron chi connectivity index (χ2n) is 6.98. The molecule has 1 aromatic heterocycles. The van der Waals surface area contributed by atoms with Gasteiger partial charge in [0.2, 0.25) is 15.9 Å². The van der Waals surface area contributed by atoms with Crippen LogP contribution in [0.4, 0.5) is 5.69 Å². The first-order valence-electron chi connectivity index (χ1n) is 9.18. The number of benzene rings is 2. The number of hydrogen-bond acceptors (Lipinski definition) is 5. The lowest BCUT2D eigenvalue weighted by Gasteiger charge is -2.11. The number of sulfonamides is 1. The van der Waals surface area contributed by atoms with Gasteiger partial charge in [0.25, 0.3) is 5.91 Å². The molecular weight excluding hydrogens is 406 g/mol. The first-order chi connectivity index (χ1) is 14.1. The van der Waals surface area contributed by atoms with Crippen LogP contribution in [-0.4, -0.2) is 48.2 Å². The number of anilines is 1. The highest BCUT2D eigenvalue weighted by Gasteiger charge is 2.19. The van der Waals surface area contributed by atoms with Gasteiger partial charge < -0.3 is 15.6 Å². The Morgan fingerprint density at radius 3 is 2.53 bits per heavy atom. The molecule has 0 fully saturated rings. The van der Waals surface area contributed by atoms with Crippen molar-refractivity contribution in [1.82, 2.24) is 13.9 Å². The first kappa shape index (κ1) is 21.5. The second kappa shape index (κ2) is 8.25. The molecule has 2 amide bonds. The zero-order valence-electron chi connectivity index (χ0n) is 16.9. The summed E-state index contributed by atoms with van der Waals surface area (Å²) in [6.45, 7) is 0. The minimum absolute atomic E-state index is 0.132. The Morgan fingerprint density at radius 1 is 1.17 bits per heavy atom. The van der Waals surface area contributed by atoms with Gasteiger partial charge in [-0.15, -0.1) is 0 Å². The van der Waals surface area contributed by atoms with E-state index in [0.717, 1.165) is 9.82 Å². The first-order valence-corrected chi connectivity index (χ1v) is 10.6. The predicted molar refractivity (Wildman–Crippen MR) is 113 cm³/mol. The van der Waals surface area contributed by atoms with E-state index in [1.165, 1.54) is 26.2 Å². The van der Waals surface area contributed by atoms with Crippen molar-refractivity contribution in [1.29, 1.82) is 0 Å². The molecule has 0 unspecified atom stereocenters. The summed E-state index contributed by atoms with van der Waals surface area (Å²) >= 11 is 0. The van der Waals surface area contributed by atoms with E-state index in [9.17, 15) is 18.0 Å². The Kier molecular flexibility index (Phi) is 5.90. The molecule has 158 valence electrons. The molecule has 30 heavy (non-hydrogen) atoms. The van der Waals surface area contributed by atoms with Crippen LogP contribution in [0.2, 0.25) is 0 Å². The number of rotatable bonds is 7. The van der Waals surface area contributed by atoms with Crippen molar-refractivity contribution in [3.8, 4) is 0 Å². The van der Waals surface area contributed by atoms with Gasteiger partial charge in [-0.3, -0.25) is 9.59 Å². The fraction of sp³-hybridized carbons (Fsp3) is 0.250. The van der Waals surface area contributed by atoms with Gasteiger partial charge >= 0.3 is 0 Å². The molecule has 2 aromatic carbocycles. The fourth-order valence-electron chi connectivity index (χ4n) is 3.07. The topological polar surface area (TPSA) is 127 Å². The van der Waals surface area contributed by atoms with Crippen molar-refractivity contribution in [2.24, 2.45) is 12.8 Å². The molecule has 0 aliphatic carbocycles. The van der Waals surface area contributed by atoms with Crippen molar-refractivity contribution < 1.29 is 18.0 Å². The SMILES string of the molecule is CN(C)S(=O)(=O)c1ccc2c(c1)nc(CCC(=O)Nc1ccccc1C(N)=O)n2C. The summed E-state index contributed by atoms with van der Waals surface area (Å²) < 4.78 is 27.6. The molecule has 1 heterocycles. The van der Waals surface area contributed by atoms with Gasteiger partial charge in [-0.2, -0.15) is 0 Å². The Hall–Kier alpha value is -3.24. The summed E-state index contributed by atoms with van der Waals surface area (Å²) in [5, 5.41) is 2.70. The number of aromatic nitrogens is 2. The summed E-state index contributed by atoms with van der Waals surface area (Å²) in [5.74, 6) is -0.265. The molecule has 0 radical (unpaired) electrons. The number of carbonyl (C=O) groups excluding carboxylic acids is 2. The van der Waals surface area contributed by atoms with Crippen LogP contribution in [0.5, 0.6) is 0 Å². The molecule has 0 aliphatic rings. The molecule has 0 spiro atoms. The fourth-order valence-corrected chi connectivity index (χ4v) is 3.99. The molecule has 9 nitrogen and oxygen atoms in total.